The summed E-state index contributed by atoms with van der Waals surface area (Å²) >= 11 is 0. The maximum Gasteiger partial charge on any atom is 0.269 e. The Balaban J connectivity index is 1.93. The molecule has 2 heterocycles. The smallest absolute Gasteiger partial charge is 0.269 e. The van der Waals surface area contributed by atoms with Gasteiger partial charge in [-0.15, -0.1) is 0 Å². The van der Waals surface area contributed by atoms with Crippen LogP contribution in [0.25, 0.3) is 0 Å². The molecule has 0 aliphatic carbocycles. The number of aromatic nitrogens is 1. The number of carbonyl (C=O) groups excluding carboxylic acids is 1. The van der Waals surface area contributed by atoms with Gasteiger partial charge in [0, 0.05) is 37.5 Å². The third-order valence-electron chi connectivity index (χ3n) is 3.65. The third kappa shape index (κ3) is 3.70. The molecule has 110 valence electrons. The van der Waals surface area contributed by atoms with E-state index in [0.29, 0.717) is 24.3 Å². The number of nitrogens with zero attached hydrogens (tertiary/aromatic N) is 1. The first-order valence-corrected chi connectivity index (χ1v) is 7.34. The Bertz CT molecular complexity index is 450. The summed E-state index contributed by atoms with van der Waals surface area (Å²) in [6, 6.07) is 3.68. The quantitative estimate of drug-likeness (QED) is 0.835. The van der Waals surface area contributed by atoms with Crippen LogP contribution in [0.4, 0.5) is 5.69 Å². The van der Waals surface area contributed by atoms with E-state index < -0.39 is 0 Å². The maximum absolute atomic E-state index is 11.7. The minimum atomic E-state index is -0.133. The Morgan fingerprint density at radius 2 is 2.35 bits per heavy atom. The van der Waals surface area contributed by atoms with E-state index in [1.165, 1.54) is 0 Å². The normalized spacial score (nSPS) is 21.7. The molecule has 0 aromatic carbocycles. The minimum absolute atomic E-state index is 0.133. The standard InChI is InChI=1S/C15H23N3O2/c1-3-14-11(6-8-20-14)10-18-12-5-7-17-13(9-12)15(19)16-4-2/h5,7,9,11,14H,3-4,6,8,10H2,1-2H3,(H,16,19)(H,17,18). The number of ether oxygens (including phenoxy) is 1. The number of amides is 1. The average molecular weight is 277 g/mol. The molecule has 2 N–H and O–H groups in total. The van der Waals surface area contributed by atoms with Crippen molar-refractivity contribution in [3.63, 3.8) is 0 Å². The first-order valence-electron chi connectivity index (χ1n) is 7.34. The molecular formula is C15H23N3O2. The van der Waals surface area contributed by atoms with Crippen molar-refractivity contribution in [2.45, 2.75) is 32.8 Å². The van der Waals surface area contributed by atoms with Crippen LogP contribution in [0.1, 0.15) is 37.2 Å². The van der Waals surface area contributed by atoms with Crippen LogP contribution in [0.2, 0.25) is 0 Å². The number of rotatable bonds is 6. The lowest BCUT2D eigenvalue weighted by molar-refractivity contribution is 0.0900. The highest BCUT2D eigenvalue weighted by Gasteiger charge is 2.26. The fourth-order valence-corrected chi connectivity index (χ4v) is 2.54. The number of pyridine rings is 1. The van der Waals surface area contributed by atoms with Gasteiger partial charge in [-0.1, -0.05) is 6.92 Å². The van der Waals surface area contributed by atoms with Gasteiger partial charge in [0.15, 0.2) is 0 Å². The molecule has 0 spiro atoms. The number of anilines is 1. The van der Waals surface area contributed by atoms with Gasteiger partial charge in [0.25, 0.3) is 5.91 Å². The molecule has 1 aliphatic heterocycles. The van der Waals surface area contributed by atoms with E-state index in [4.69, 9.17) is 4.74 Å². The largest absolute Gasteiger partial charge is 0.385 e. The van der Waals surface area contributed by atoms with Crippen molar-refractivity contribution < 1.29 is 9.53 Å². The molecule has 0 saturated carbocycles. The molecule has 5 heteroatoms. The van der Waals surface area contributed by atoms with Crippen LogP contribution in [-0.2, 0) is 4.74 Å². The first-order chi connectivity index (χ1) is 9.74. The van der Waals surface area contributed by atoms with E-state index in [9.17, 15) is 4.79 Å². The van der Waals surface area contributed by atoms with Crippen molar-refractivity contribution in [3.05, 3.63) is 24.0 Å². The average Bonchev–Trinajstić information content (AvgIpc) is 2.93. The second-order valence-corrected chi connectivity index (χ2v) is 5.04. The highest BCUT2D eigenvalue weighted by Crippen LogP contribution is 2.23. The Labute approximate surface area is 120 Å². The first kappa shape index (κ1) is 14.8. The van der Waals surface area contributed by atoms with Gasteiger partial charge in [-0.05, 0) is 31.9 Å². The Morgan fingerprint density at radius 3 is 3.10 bits per heavy atom. The molecule has 1 aromatic rings. The summed E-state index contributed by atoms with van der Waals surface area (Å²) in [6.07, 6.45) is 4.16. The summed E-state index contributed by atoms with van der Waals surface area (Å²) in [5.74, 6) is 0.410. The summed E-state index contributed by atoms with van der Waals surface area (Å²) in [6.45, 7) is 6.38. The SMILES string of the molecule is CCNC(=O)c1cc(NCC2CCOC2CC)ccn1. The molecule has 2 rings (SSSR count). The van der Waals surface area contributed by atoms with E-state index in [-0.39, 0.29) is 5.91 Å². The second-order valence-electron chi connectivity index (χ2n) is 5.04. The van der Waals surface area contributed by atoms with Crippen LogP contribution in [-0.4, -0.2) is 36.7 Å². The molecular weight excluding hydrogens is 254 g/mol. The summed E-state index contributed by atoms with van der Waals surface area (Å²) in [4.78, 5) is 15.8. The second kappa shape index (κ2) is 7.24. The van der Waals surface area contributed by atoms with Crippen LogP contribution in [0, 0.1) is 5.92 Å². The zero-order valence-corrected chi connectivity index (χ0v) is 12.2. The lowest BCUT2D eigenvalue weighted by Crippen LogP contribution is -2.24. The monoisotopic (exact) mass is 277 g/mol. The van der Waals surface area contributed by atoms with Crippen molar-refractivity contribution in [2.24, 2.45) is 5.92 Å². The topological polar surface area (TPSA) is 63.2 Å². The van der Waals surface area contributed by atoms with E-state index in [2.05, 4.69) is 22.5 Å². The predicted octanol–water partition coefficient (Wildman–Crippen LogP) is 2.06. The molecule has 2 atom stereocenters. The molecule has 0 radical (unpaired) electrons. The minimum Gasteiger partial charge on any atom is -0.385 e. The number of nitrogens with one attached hydrogen (secondary N) is 2. The van der Waals surface area contributed by atoms with Gasteiger partial charge in [-0.2, -0.15) is 0 Å². The summed E-state index contributed by atoms with van der Waals surface area (Å²) in [5.41, 5.74) is 1.38. The van der Waals surface area contributed by atoms with Gasteiger partial charge in [0.1, 0.15) is 5.69 Å². The molecule has 20 heavy (non-hydrogen) atoms. The lowest BCUT2D eigenvalue weighted by atomic mass is 9.99. The Kier molecular flexibility index (Phi) is 5.35. The highest BCUT2D eigenvalue weighted by atomic mass is 16.5. The maximum atomic E-state index is 11.7. The molecule has 1 fully saturated rings. The van der Waals surface area contributed by atoms with E-state index in [0.717, 1.165) is 31.7 Å². The number of carbonyl (C=O) groups is 1. The number of hydrogen-bond acceptors (Lipinski definition) is 4. The fraction of sp³-hybridized carbons (Fsp3) is 0.600. The Morgan fingerprint density at radius 1 is 1.50 bits per heavy atom. The molecule has 5 nitrogen and oxygen atoms in total. The van der Waals surface area contributed by atoms with Crippen molar-refractivity contribution in [1.29, 1.82) is 0 Å². The number of hydrogen-bond donors (Lipinski definition) is 2. The summed E-state index contributed by atoms with van der Waals surface area (Å²) in [5, 5.41) is 6.14. The molecule has 1 saturated heterocycles. The predicted molar refractivity (Wildman–Crippen MR) is 78.9 cm³/mol. The van der Waals surface area contributed by atoms with Gasteiger partial charge in [-0.25, -0.2) is 0 Å². The molecule has 2 unspecified atom stereocenters. The van der Waals surface area contributed by atoms with Gasteiger partial charge in [-0.3, -0.25) is 9.78 Å². The van der Waals surface area contributed by atoms with Crippen LogP contribution >= 0.6 is 0 Å². The van der Waals surface area contributed by atoms with Gasteiger partial charge in [0.05, 0.1) is 6.10 Å². The molecule has 1 aliphatic rings. The molecule has 1 aromatic heterocycles. The van der Waals surface area contributed by atoms with Crippen LogP contribution in [0.15, 0.2) is 18.3 Å². The van der Waals surface area contributed by atoms with Crippen LogP contribution < -0.4 is 10.6 Å². The lowest BCUT2D eigenvalue weighted by Gasteiger charge is -2.18. The van der Waals surface area contributed by atoms with Crippen LogP contribution in [0.3, 0.4) is 0 Å². The van der Waals surface area contributed by atoms with Crippen LogP contribution in [0.5, 0.6) is 0 Å². The van der Waals surface area contributed by atoms with Crippen molar-refractivity contribution in [3.8, 4) is 0 Å². The molecule has 1 amide bonds. The zero-order valence-electron chi connectivity index (χ0n) is 12.2. The van der Waals surface area contributed by atoms with Gasteiger partial charge < -0.3 is 15.4 Å². The van der Waals surface area contributed by atoms with Crippen molar-refractivity contribution in [1.82, 2.24) is 10.3 Å². The summed E-state index contributed by atoms with van der Waals surface area (Å²) in [7, 11) is 0. The van der Waals surface area contributed by atoms with Gasteiger partial charge >= 0.3 is 0 Å². The van der Waals surface area contributed by atoms with Crippen molar-refractivity contribution >= 4 is 11.6 Å². The third-order valence-corrected chi connectivity index (χ3v) is 3.65. The highest BCUT2D eigenvalue weighted by molar-refractivity contribution is 5.93. The summed E-state index contributed by atoms with van der Waals surface area (Å²) < 4.78 is 5.68. The van der Waals surface area contributed by atoms with E-state index >= 15 is 0 Å². The van der Waals surface area contributed by atoms with Gasteiger partial charge in [0.2, 0.25) is 0 Å². The van der Waals surface area contributed by atoms with E-state index in [1.54, 1.807) is 12.3 Å². The van der Waals surface area contributed by atoms with E-state index in [1.807, 2.05) is 13.0 Å². The molecule has 0 bridgehead atoms. The zero-order chi connectivity index (χ0) is 14.4. The fourth-order valence-electron chi connectivity index (χ4n) is 2.54. The Hall–Kier alpha value is -1.62. The van der Waals surface area contributed by atoms with Crippen molar-refractivity contribution in [2.75, 3.05) is 25.0 Å².